The van der Waals surface area contributed by atoms with Gasteiger partial charge in [-0.15, -0.1) is 14.6 Å². The molecule has 0 aliphatic carbocycles. The highest BCUT2D eigenvalue weighted by molar-refractivity contribution is 7.94. The van der Waals surface area contributed by atoms with Gasteiger partial charge in [0.1, 0.15) is 28.7 Å². The summed E-state index contributed by atoms with van der Waals surface area (Å²) < 4.78 is 73.0. The van der Waals surface area contributed by atoms with E-state index < -0.39 is 35.9 Å². The first-order valence-electron chi connectivity index (χ1n) is 16.7. The number of anilines is 3. The van der Waals surface area contributed by atoms with E-state index in [1.165, 1.54) is 12.1 Å². The average Bonchev–Trinajstić information content (AvgIpc) is 3.57. The number of hydrogen-bond acceptors (Lipinski definition) is 14. The number of carbonyl (C=O) groups is 1. The largest absolute Gasteiger partial charge is 0.342 e. The molecular weight excluding hydrogens is 870 g/mol. The van der Waals surface area contributed by atoms with Gasteiger partial charge in [0.15, 0.2) is 5.82 Å². The number of para-hydroxylation sites is 1. The molecule has 5 aromatic carbocycles. The van der Waals surface area contributed by atoms with E-state index in [1.54, 1.807) is 42.5 Å². The summed E-state index contributed by atoms with van der Waals surface area (Å²) in [5.41, 5.74) is 1.56. The predicted molar refractivity (Wildman–Crippen MR) is 218 cm³/mol. The summed E-state index contributed by atoms with van der Waals surface area (Å²) >= 11 is 13.4. The van der Waals surface area contributed by atoms with Crippen molar-refractivity contribution in [1.82, 2.24) is 9.78 Å². The fourth-order valence-electron chi connectivity index (χ4n) is 5.70. The molecule has 0 aliphatic heterocycles. The molecule has 0 radical (unpaired) electrons. The number of carbonyl (C=O) groups excluding carboxylic acids is 1. The van der Waals surface area contributed by atoms with Crippen LogP contribution in [0, 0.1) is 11.3 Å². The van der Waals surface area contributed by atoms with E-state index in [4.69, 9.17) is 28.5 Å². The zero-order chi connectivity index (χ0) is 42.5. The number of hydrogen-bond donors (Lipinski definition) is 4. The predicted octanol–water partition coefficient (Wildman–Crippen LogP) is 9.47. The fourth-order valence-corrected chi connectivity index (χ4v) is 8.10. The smallest absolute Gasteiger partial charge is 0.294 e. The van der Waals surface area contributed by atoms with Crippen molar-refractivity contribution in [2.45, 2.75) is 21.6 Å². The third-order valence-electron chi connectivity index (χ3n) is 8.30. The van der Waals surface area contributed by atoms with Crippen molar-refractivity contribution >= 4 is 90.0 Å². The highest BCUT2D eigenvalue weighted by Gasteiger charge is 2.26. The van der Waals surface area contributed by atoms with Crippen molar-refractivity contribution in [2.75, 3.05) is 16.8 Å². The van der Waals surface area contributed by atoms with Crippen molar-refractivity contribution in [2.24, 2.45) is 10.2 Å². The van der Waals surface area contributed by atoms with E-state index >= 15 is 0 Å². The average molecular weight is 897 g/mol. The minimum Gasteiger partial charge on any atom is -0.342 e. The number of benzene rings is 5. The molecule has 0 saturated carbocycles. The Morgan fingerprint density at radius 2 is 1.51 bits per heavy atom. The Balaban J connectivity index is 1.53. The lowest BCUT2D eigenvalue weighted by Crippen LogP contribution is -2.17. The third-order valence-corrected chi connectivity index (χ3v) is 11.1. The lowest BCUT2D eigenvalue weighted by molar-refractivity contribution is -0.432. The first kappa shape index (κ1) is 42.9. The lowest BCUT2D eigenvalue weighted by atomic mass is 10.1. The zero-order valence-corrected chi connectivity index (χ0v) is 33.9. The maximum absolute atomic E-state index is 13.9. The molecule has 4 N–H and O–H groups in total. The van der Waals surface area contributed by atoms with Crippen LogP contribution in [0.5, 0.6) is 0 Å². The van der Waals surface area contributed by atoms with Gasteiger partial charge >= 0.3 is 0 Å². The topological polar surface area (TPSA) is 246 Å². The van der Waals surface area contributed by atoms with Gasteiger partial charge in [-0.25, -0.2) is 9.94 Å². The van der Waals surface area contributed by atoms with E-state index in [9.17, 15) is 36.0 Å². The summed E-state index contributed by atoms with van der Waals surface area (Å²) in [5, 5.41) is 38.2. The molecule has 0 spiro atoms. The van der Waals surface area contributed by atoms with Crippen LogP contribution in [-0.2, 0) is 29.6 Å². The molecule has 0 saturated heterocycles. The molecule has 0 unspecified atom stereocenters. The van der Waals surface area contributed by atoms with Gasteiger partial charge in [-0.05, 0) is 67.6 Å². The number of azo groups is 1. The van der Waals surface area contributed by atoms with Crippen LogP contribution in [0.1, 0.15) is 22.8 Å². The van der Waals surface area contributed by atoms with Crippen molar-refractivity contribution in [1.29, 1.82) is 5.26 Å². The Bertz CT molecular complexity index is 2840. The second-order valence-corrected chi connectivity index (χ2v) is 16.4. The second kappa shape index (κ2) is 18.1. The quantitative estimate of drug-likeness (QED) is 0.0262. The molecular formula is C37H27Cl2N7O10S3. The zero-order valence-electron chi connectivity index (χ0n) is 30.0. The van der Waals surface area contributed by atoms with Gasteiger partial charge in [-0.2, -0.15) is 27.2 Å². The number of halogens is 2. The van der Waals surface area contributed by atoms with Gasteiger partial charge in [-0.3, -0.25) is 13.9 Å². The summed E-state index contributed by atoms with van der Waals surface area (Å²) in [6, 6.07) is 29.7. The Morgan fingerprint density at radius 1 is 0.881 bits per heavy atom. The van der Waals surface area contributed by atoms with Gasteiger partial charge in [-0.1, -0.05) is 76.8 Å². The maximum atomic E-state index is 13.9. The van der Waals surface area contributed by atoms with E-state index in [0.717, 1.165) is 34.6 Å². The van der Waals surface area contributed by atoms with Gasteiger partial charge in [0.2, 0.25) is 0 Å². The molecule has 0 fully saturated rings. The molecule has 1 amide bonds. The van der Waals surface area contributed by atoms with Gasteiger partial charge in [0.05, 0.1) is 37.6 Å². The van der Waals surface area contributed by atoms with Crippen LogP contribution in [0.2, 0.25) is 10.0 Å². The van der Waals surface area contributed by atoms with Gasteiger partial charge in [0, 0.05) is 33.9 Å². The Morgan fingerprint density at radius 3 is 2.10 bits per heavy atom. The molecule has 59 heavy (non-hydrogen) atoms. The molecule has 0 atom stereocenters. The molecule has 302 valence electrons. The van der Waals surface area contributed by atoms with E-state index in [2.05, 4.69) is 36.1 Å². The highest BCUT2D eigenvalue weighted by Crippen LogP contribution is 2.41. The van der Waals surface area contributed by atoms with E-state index in [-0.39, 0.29) is 54.6 Å². The Kier molecular flexibility index (Phi) is 13.1. The summed E-state index contributed by atoms with van der Waals surface area (Å²) in [6.45, 7) is 2.39. The van der Waals surface area contributed by atoms with Crippen LogP contribution >= 0.6 is 35.2 Å². The fraction of sp³-hybridized carbons (Fsp3) is 0.0541. The summed E-state index contributed by atoms with van der Waals surface area (Å²) in [6.07, 6.45) is 0. The molecule has 22 heteroatoms. The molecule has 1 heterocycles. The van der Waals surface area contributed by atoms with Gasteiger partial charge in [0.25, 0.3) is 26.1 Å². The van der Waals surface area contributed by atoms with Crippen LogP contribution in [0.3, 0.4) is 0 Å². The van der Waals surface area contributed by atoms with Crippen molar-refractivity contribution < 1.29 is 45.4 Å². The summed E-state index contributed by atoms with van der Waals surface area (Å²) in [4.78, 5) is 14.5. The second-order valence-electron chi connectivity index (χ2n) is 12.0. The SMILES string of the molecule is CCN(c1ccccc1)c1ccc(N=Nc2c(C#N)c(-c3ccccc3)nn2-c2c(Cl)cc(S(=O)(=O)O)cc2Cl)c(NC(=O)c2cc(SOOO)cc(S(=O)(=O)O)c2)c1. The molecule has 0 bridgehead atoms. The van der Waals surface area contributed by atoms with Crippen LogP contribution in [-0.4, -0.2) is 53.4 Å². The van der Waals surface area contributed by atoms with Crippen LogP contribution in [0.25, 0.3) is 16.9 Å². The molecule has 6 aromatic rings. The number of amides is 1. The van der Waals surface area contributed by atoms with Crippen molar-refractivity contribution in [3.8, 4) is 23.0 Å². The molecule has 0 aliphatic rings. The Hall–Kier alpha value is -5.70. The van der Waals surface area contributed by atoms with Crippen molar-refractivity contribution in [3.63, 3.8) is 0 Å². The number of aromatic nitrogens is 2. The Labute approximate surface area is 350 Å². The van der Waals surface area contributed by atoms with Crippen LogP contribution in [0.15, 0.2) is 134 Å². The van der Waals surface area contributed by atoms with Gasteiger partial charge < -0.3 is 10.2 Å². The van der Waals surface area contributed by atoms with Crippen LogP contribution in [0.4, 0.5) is 28.6 Å². The first-order valence-corrected chi connectivity index (χ1v) is 21.0. The lowest BCUT2D eigenvalue weighted by Gasteiger charge is -2.24. The summed E-state index contributed by atoms with van der Waals surface area (Å²) in [5.74, 6) is -1.10. The monoisotopic (exact) mass is 895 g/mol. The number of nitrogens with zero attached hydrogens (tertiary/aromatic N) is 6. The highest BCUT2D eigenvalue weighted by atomic mass is 35.5. The third kappa shape index (κ3) is 9.78. The number of nitrogens with one attached hydrogen (secondary N) is 1. The normalized spacial score (nSPS) is 11.7. The first-order chi connectivity index (χ1) is 28.1. The number of rotatable bonds is 14. The molecule has 6 rings (SSSR count). The maximum Gasteiger partial charge on any atom is 0.294 e. The molecule has 1 aromatic heterocycles. The minimum atomic E-state index is -4.83. The van der Waals surface area contributed by atoms with Crippen LogP contribution < -0.4 is 10.2 Å². The number of nitriles is 1. The summed E-state index contributed by atoms with van der Waals surface area (Å²) in [7, 11) is -9.57. The minimum absolute atomic E-state index is 0.0144. The van der Waals surface area contributed by atoms with Crippen molar-refractivity contribution in [3.05, 3.63) is 130 Å². The van der Waals surface area contributed by atoms with E-state index in [1.807, 2.05) is 42.2 Å². The molecule has 17 nitrogen and oxygen atoms in total. The van der Waals surface area contributed by atoms with E-state index in [0.29, 0.717) is 29.8 Å². The standard InChI is InChI=1S/C37H27Cl2N7O10S3/c1-2-45(24-11-7-4-8-12-24)25-13-14-32(33(17-25)41-37(47)23-15-26(57-56-55-48)18-27(16-23)58(49,50)51)42-43-36-29(21-40)34(22-9-5-3-6-10-22)44-46(36)35-30(38)19-28(20-31(35)39)59(52,53)54/h3-20,48H,2H2,1H3,(H,41,47)(H,49,50,51)(H,52,53,54).